The largest absolute Gasteiger partial charge is 0.379 e. The van der Waals surface area contributed by atoms with Gasteiger partial charge in [0.1, 0.15) is 0 Å². The predicted molar refractivity (Wildman–Crippen MR) is 140 cm³/mol. The van der Waals surface area contributed by atoms with Crippen LogP contribution in [0.3, 0.4) is 0 Å². The number of aromatic nitrogens is 1. The van der Waals surface area contributed by atoms with Crippen LogP contribution in [0, 0.1) is 6.92 Å². The first kappa shape index (κ1) is 24.8. The SMILES string of the molecule is Cc1cc(Cl)cc2sc(N(CCN3CCOCC3)C(=O)CCCSc3ccc(Cl)cc3)nc12. The first-order valence-corrected chi connectivity index (χ1v) is 13.6. The Morgan fingerprint density at radius 2 is 1.94 bits per heavy atom. The molecule has 2 aromatic carbocycles. The monoisotopic (exact) mass is 523 g/mol. The van der Waals surface area contributed by atoms with E-state index in [1.165, 1.54) is 11.3 Å². The molecule has 0 aliphatic carbocycles. The molecule has 1 aromatic heterocycles. The number of halogens is 2. The highest BCUT2D eigenvalue weighted by molar-refractivity contribution is 7.99. The summed E-state index contributed by atoms with van der Waals surface area (Å²) in [4.78, 5) is 23.5. The molecule has 1 fully saturated rings. The number of aryl methyl sites for hydroxylation is 1. The average Bonchev–Trinajstić information content (AvgIpc) is 3.23. The van der Waals surface area contributed by atoms with Gasteiger partial charge >= 0.3 is 0 Å². The molecule has 1 aliphatic rings. The number of rotatable bonds is 9. The molecule has 0 radical (unpaired) electrons. The van der Waals surface area contributed by atoms with Crippen molar-refractivity contribution in [3.8, 4) is 0 Å². The number of amides is 1. The van der Waals surface area contributed by atoms with Gasteiger partial charge in [-0.15, -0.1) is 11.8 Å². The van der Waals surface area contributed by atoms with Gasteiger partial charge in [-0.25, -0.2) is 4.98 Å². The number of thioether (sulfide) groups is 1. The van der Waals surface area contributed by atoms with E-state index in [4.69, 9.17) is 32.9 Å². The van der Waals surface area contributed by atoms with Crippen LogP contribution in [0.15, 0.2) is 41.3 Å². The van der Waals surface area contributed by atoms with Gasteiger partial charge in [-0.05, 0) is 61.1 Å². The zero-order chi connectivity index (χ0) is 23.2. The van der Waals surface area contributed by atoms with Gasteiger partial charge in [0.2, 0.25) is 5.91 Å². The standard InChI is InChI=1S/C24H27Cl2N3O2S2/c1-17-15-19(26)16-21-23(17)27-24(33-21)29(9-8-28-10-12-31-13-11-28)22(30)3-2-14-32-20-6-4-18(25)5-7-20/h4-7,15-16H,2-3,8-14H2,1H3. The van der Waals surface area contributed by atoms with Crippen LogP contribution >= 0.6 is 46.3 Å². The van der Waals surface area contributed by atoms with Crippen molar-refractivity contribution >= 4 is 67.6 Å². The molecule has 1 saturated heterocycles. The van der Waals surface area contributed by atoms with Crippen LogP contribution in [0.25, 0.3) is 10.2 Å². The van der Waals surface area contributed by atoms with E-state index in [0.29, 0.717) is 18.0 Å². The summed E-state index contributed by atoms with van der Waals surface area (Å²) < 4.78 is 6.47. The van der Waals surface area contributed by atoms with Gasteiger partial charge in [0, 0.05) is 47.5 Å². The van der Waals surface area contributed by atoms with Crippen molar-refractivity contribution in [1.29, 1.82) is 0 Å². The molecule has 0 unspecified atom stereocenters. The number of nitrogens with zero attached hydrogens (tertiary/aromatic N) is 3. The van der Waals surface area contributed by atoms with E-state index in [9.17, 15) is 4.79 Å². The fraction of sp³-hybridized carbons (Fsp3) is 0.417. The maximum Gasteiger partial charge on any atom is 0.228 e. The molecule has 1 amide bonds. The third kappa shape index (κ3) is 6.84. The van der Waals surface area contributed by atoms with Crippen molar-refractivity contribution < 1.29 is 9.53 Å². The van der Waals surface area contributed by atoms with Crippen molar-refractivity contribution in [2.24, 2.45) is 0 Å². The zero-order valence-corrected chi connectivity index (χ0v) is 21.7. The molecule has 0 spiro atoms. The maximum atomic E-state index is 13.3. The van der Waals surface area contributed by atoms with Crippen LogP contribution in [-0.2, 0) is 9.53 Å². The van der Waals surface area contributed by atoms with Gasteiger partial charge in [0.25, 0.3) is 0 Å². The highest BCUT2D eigenvalue weighted by atomic mass is 35.5. The molecule has 3 aromatic rings. The Labute approximate surface area is 213 Å². The molecule has 33 heavy (non-hydrogen) atoms. The van der Waals surface area contributed by atoms with Gasteiger partial charge < -0.3 is 4.74 Å². The van der Waals surface area contributed by atoms with Crippen LogP contribution in [0.5, 0.6) is 0 Å². The lowest BCUT2D eigenvalue weighted by Crippen LogP contribution is -2.43. The number of benzene rings is 2. The minimum atomic E-state index is 0.114. The summed E-state index contributed by atoms with van der Waals surface area (Å²) in [5, 5.41) is 2.18. The lowest BCUT2D eigenvalue weighted by molar-refractivity contribution is -0.118. The number of carbonyl (C=O) groups excluding carboxylic acids is 1. The summed E-state index contributed by atoms with van der Waals surface area (Å²) in [6.45, 7) is 6.72. The second-order valence-corrected chi connectivity index (χ2v) is 11.0. The Bertz CT molecular complexity index is 1090. The van der Waals surface area contributed by atoms with Crippen molar-refractivity contribution in [1.82, 2.24) is 9.88 Å². The number of morpholine rings is 1. The van der Waals surface area contributed by atoms with E-state index in [1.54, 1.807) is 11.8 Å². The minimum Gasteiger partial charge on any atom is -0.379 e. The van der Waals surface area contributed by atoms with Gasteiger partial charge in [-0.2, -0.15) is 0 Å². The molecule has 176 valence electrons. The van der Waals surface area contributed by atoms with E-state index in [2.05, 4.69) is 4.90 Å². The first-order valence-electron chi connectivity index (χ1n) is 11.0. The molecule has 0 atom stereocenters. The number of fused-ring (bicyclic) bond motifs is 1. The van der Waals surface area contributed by atoms with Crippen LogP contribution in [0.2, 0.25) is 10.0 Å². The van der Waals surface area contributed by atoms with E-state index in [0.717, 1.165) is 75.9 Å². The van der Waals surface area contributed by atoms with Crippen LogP contribution in [0.4, 0.5) is 5.13 Å². The van der Waals surface area contributed by atoms with Crippen molar-refractivity contribution in [2.45, 2.75) is 24.7 Å². The lowest BCUT2D eigenvalue weighted by atomic mass is 10.2. The molecule has 4 rings (SSSR count). The Kier molecular flexibility index (Phi) is 8.91. The third-order valence-corrected chi connectivity index (χ3v) is 8.13. The predicted octanol–water partition coefficient (Wildman–Crippen LogP) is 6.15. The zero-order valence-electron chi connectivity index (χ0n) is 18.6. The van der Waals surface area contributed by atoms with Crippen molar-refractivity contribution in [3.05, 3.63) is 52.0 Å². The van der Waals surface area contributed by atoms with Gasteiger partial charge in [-0.3, -0.25) is 14.6 Å². The molecular weight excluding hydrogens is 497 g/mol. The minimum absolute atomic E-state index is 0.114. The number of hydrogen-bond acceptors (Lipinski definition) is 6. The number of anilines is 1. The molecule has 0 bridgehead atoms. The summed E-state index contributed by atoms with van der Waals surface area (Å²) in [6.07, 6.45) is 1.29. The Morgan fingerprint density at radius 1 is 1.18 bits per heavy atom. The average molecular weight is 525 g/mol. The Hall–Kier alpha value is -1.35. The molecule has 5 nitrogen and oxygen atoms in total. The molecular formula is C24H27Cl2N3O2S2. The van der Waals surface area contributed by atoms with E-state index >= 15 is 0 Å². The molecule has 0 saturated carbocycles. The van der Waals surface area contributed by atoms with Crippen LogP contribution in [-0.4, -0.2) is 60.9 Å². The van der Waals surface area contributed by atoms with Crippen molar-refractivity contribution in [3.63, 3.8) is 0 Å². The third-order valence-electron chi connectivity index (χ3n) is 5.53. The van der Waals surface area contributed by atoms with E-state index in [1.807, 2.05) is 48.2 Å². The van der Waals surface area contributed by atoms with E-state index < -0.39 is 0 Å². The maximum absolute atomic E-state index is 13.3. The highest BCUT2D eigenvalue weighted by Gasteiger charge is 2.22. The summed E-state index contributed by atoms with van der Waals surface area (Å²) in [7, 11) is 0. The summed E-state index contributed by atoms with van der Waals surface area (Å²) in [5.74, 6) is 0.988. The number of carbonyl (C=O) groups is 1. The van der Waals surface area contributed by atoms with Gasteiger partial charge in [0.15, 0.2) is 5.13 Å². The Morgan fingerprint density at radius 3 is 2.70 bits per heavy atom. The van der Waals surface area contributed by atoms with Crippen LogP contribution in [0.1, 0.15) is 18.4 Å². The smallest absolute Gasteiger partial charge is 0.228 e. The number of ether oxygens (including phenoxy) is 1. The topological polar surface area (TPSA) is 45.7 Å². The van der Waals surface area contributed by atoms with Gasteiger partial charge in [0.05, 0.1) is 23.4 Å². The number of thiazole rings is 1. The van der Waals surface area contributed by atoms with E-state index in [-0.39, 0.29) is 5.91 Å². The van der Waals surface area contributed by atoms with Crippen LogP contribution < -0.4 is 4.90 Å². The normalized spacial score (nSPS) is 14.6. The Balaban J connectivity index is 1.42. The fourth-order valence-corrected chi connectivity index (χ4v) is 6.17. The quantitative estimate of drug-likeness (QED) is 0.248. The summed E-state index contributed by atoms with van der Waals surface area (Å²) >= 11 is 15.5. The summed E-state index contributed by atoms with van der Waals surface area (Å²) in [6, 6.07) is 11.7. The molecule has 1 aliphatic heterocycles. The number of hydrogen-bond donors (Lipinski definition) is 0. The molecule has 2 heterocycles. The first-order chi connectivity index (χ1) is 16.0. The van der Waals surface area contributed by atoms with Gasteiger partial charge in [-0.1, -0.05) is 34.5 Å². The second kappa shape index (κ2) is 11.9. The summed E-state index contributed by atoms with van der Waals surface area (Å²) in [5.41, 5.74) is 1.95. The highest BCUT2D eigenvalue weighted by Crippen LogP contribution is 2.33. The van der Waals surface area contributed by atoms with Crippen molar-refractivity contribution in [2.75, 3.05) is 50.0 Å². The second-order valence-electron chi connectivity index (χ2n) is 7.97. The molecule has 0 N–H and O–H groups in total. The molecule has 9 heteroatoms. The fourth-order valence-electron chi connectivity index (χ4n) is 3.73. The lowest BCUT2D eigenvalue weighted by Gasteiger charge is -2.29.